The summed E-state index contributed by atoms with van der Waals surface area (Å²) in [5.74, 6) is 0.204. The molecule has 1 aliphatic rings. The van der Waals surface area contributed by atoms with Crippen molar-refractivity contribution in [1.29, 1.82) is 0 Å². The van der Waals surface area contributed by atoms with Crippen LogP contribution in [0.25, 0.3) is 0 Å². The Morgan fingerprint density at radius 1 is 1.67 bits per heavy atom. The molecule has 1 aromatic heterocycles. The average Bonchev–Trinajstić information content (AvgIpc) is 2.81. The molecular formula is C11H16N2OS. The number of carbonyl (C=O) groups is 1. The second-order valence-electron chi connectivity index (χ2n) is 3.82. The molecular weight excluding hydrogens is 208 g/mol. The van der Waals surface area contributed by atoms with Crippen molar-refractivity contribution in [2.24, 2.45) is 0 Å². The Morgan fingerprint density at radius 2 is 2.60 bits per heavy atom. The molecule has 1 atom stereocenters. The molecule has 1 fully saturated rings. The zero-order valence-electron chi connectivity index (χ0n) is 8.66. The topological polar surface area (TPSA) is 41.1 Å². The monoisotopic (exact) mass is 224 g/mol. The van der Waals surface area contributed by atoms with Crippen LogP contribution >= 0.6 is 11.3 Å². The van der Waals surface area contributed by atoms with Crippen molar-refractivity contribution in [1.82, 2.24) is 10.6 Å². The normalized spacial score (nSPS) is 21.5. The molecule has 2 heterocycles. The van der Waals surface area contributed by atoms with Crippen LogP contribution in [0.2, 0.25) is 0 Å². The highest BCUT2D eigenvalue weighted by molar-refractivity contribution is 7.12. The third-order valence-electron chi connectivity index (χ3n) is 2.64. The van der Waals surface area contributed by atoms with Crippen molar-refractivity contribution in [3.63, 3.8) is 0 Å². The third kappa shape index (κ3) is 3.12. The predicted octanol–water partition coefficient (Wildman–Crippen LogP) is 1.27. The van der Waals surface area contributed by atoms with Crippen LogP contribution in [-0.2, 0) is 0 Å². The first-order valence-corrected chi connectivity index (χ1v) is 6.25. The van der Waals surface area contributed by atoms with Gasteiger partial charge in [-0.15, -0.1) is 11.3 Å². The van der Waals surface area contributed by atoms with Crippen LogP contribution in [0.4, 0.5) is 0 Å². The Labute approximate surface area is 93.9 Å². The molecule has 1 aromatic rings. The van der Waals surface area contributed by atoms with Gasteiger partial charge in [0.25, 0.3) is 0 Å². The molecule has 4 heteroatoms. The molecule has 2 rings (SSSR count). The third-order valence-corrected chi connectivity index (χ3v) is 3.56. The van der Waals surface area contributed by atoms with Gasteiger partial charge in [-0.2, -0.15) is 0 Å². The van der Waals surface area contributed by atoms with E-state index in [-0.39, 0.29) is 5.78 Å². The van der Waals surface area contributed by atoms with Gasteiger partial charge in [-0.3, -0.25) is 4.79 Å². The van der Waals surface area contributed by atoms with Crippen LogP contribution in [0.1, 0.15) is 22.5 Å². The quantitative estimate of drug-likeness (QED) is 0.757. The fraction of sp³-hybridized carbons (Fsp3) is 0.545. The van der Waals surface area contributed by atoms with Crippen molar-refractivity contribution in [3.8, 4) is 0 Å². The average molecular weight is 224 g/mol. The minimum absolute atomic E-state index is 0.204. The summed E-state index contributed by atoms with van der Waals surface area (Å²) in [6.45, 7) is 2.56. The summed E-state index contributed by atoms with van der Waals surface area (Å²) in [6, 6.07) is 4.26. The van der Waals surface area contributed by atoms with Gasteiger partial charge in [0.1, 0.15) is 0 Å². The highest BCUT2D eigenvalue weighted by atomic mass is 32.1. The van der Waals surface area contributed by atoms with E-state index in [1.54, 1.807) is 0 Å². The minimum atomic E-state index is 0.204. The number of Topliss-reactive ketones (excluding diaryl/α,β-unsaturated/α-hetero) is 1. The number of hydrogen-bond acceptors (Lipinski definition) is 4. The van der Waals surface area contributed by atoms with Crippen LogP contribution in [0, 0.1) is 0 Å². The van der Waals surface area contributed by atoms with E-state index in [2.05, 4.69) is 10.6 Å². The molecule has 0 spiro atoms. The SMILES string of the molecule is O=C(CN[C@@H]1CCCNC1)c1cccs1. The van der Waals surface area contributed by atoms with E-state index in [9.17, 15) is 4.79 Å². The largest absolute Gasteiger partial charge is 0.315 e. The molecule has 0 bridgehead atoms. The van der Waals surface area contributed by atoms with Crippen LogP contribution < -0.4 is 10.6 Å². The predicted molar refractivity (Wildman–Crippen MR) is 62.5 cm³/mol. The lowest BCUT2D eigenvalue weighted by molar-refractivity contribution is 0.0989. The number of nitrogens with one attached hydrogen (secondary N) is 2. The lowest BCUT2D eigenvalue weighted by Gasteiger charge is -2.23. The molecule has 0 saturated carbocycles. The van der Waals surface area contributed by atoms with Crippen LogP contribution in [-0.4, -0.2) is 31.5 Å². The van der Waals surface area contributed by atoms with Crippen LogP contribution in [0.5, 0.6) is 0 Å². The van der Waals surface area contributed by atoms with E-state index in [0.717, 1.165) is 18.0 Å². The van der Waals surface area contributed by atoms with Crippen molar-refractivity contribution >= 4 is 17.1 Å². The summed E-state index contributed by atoms with van der Waals surface area (Å²) < 4.78 is 0. The van der Waals surface area contributed by atoms with E-state index >= 15 is 0 Å². The molecule has 0 amide bonds. The van der Waals surface area contributed by atoms with Gasteiger partial charge in [0, 0.05) is 12.6 Å². The maximum Gasteiger partial charge on any atom is 0.186 e. The summed E-state index contributed by atoms with van der Waals surface area (Å²) in [5, 5.41) is 8.57. The zero-order chi connectivity index (χ0) is 10.5. The summed E-state index contributed by atoms with van der Waals surface area (Å²) in [4.78, 5) is 12.5. The van der Waals surface area contributed by atoms with Gasteiger partial charge < -0.3 is 10.6 Å². The maximum atomic E-state index is 11.7. The van der Waals surface area contributed by atoms with Crippen LogP contribution in [0.3, 0.4) is 0 Å². The first-order chi connectivity index (χ1) is 7.36. The fourth-order valence-corrected chi connectivity index (χ4v) is 2.45. The second-order valence-corrected chi connectivity index (χ2v) is 4.77. The Kier molecular flexibility index (Phi) is 3.88. The highest BCUT2D eigenvalue weighted by Crippen LogP contribution is 2.09. The minimum Gasteiger partial charge on any atom is -0.315 e. The molecule has 3 nitrogen and oxygen atoms in total. The van der Waals surface area contributed by atoms with Crippen molar-refractivity contribution in [3.05, 3.63) is 22.4 Å². The Morgan fingerprint density at radius 3 is 3.27 bits per heavy atom. The first-order valence-electron chi connectivity index (χ1n) is 5.37. The number of carbonyl (C=O) groups excluding carboxylic acids is 1. The molecule has 2 N–H and O–H groups in total. The summed E-state index contributed by atoms with van der Waals surface area (Å²) in [6.07, 6.45) is 2.37. The Balaban J connectivity index is 1.75. The number of hydrogen-bond donors (Lipinski definition) is 2. The van der Waals surface area contributed by atoms with Gasteiger partial charge in [-0.1, -0.05) is 6.07 Å². The number of piperidine rings is 1. The van der Waals surface area contributed by atoms with E-state index in [0.29, 0.717) is 12.6 Å². The molecule has 15 heavy (non-hydrogen) atoms. The van der Waals surface area contributed by atoms with Gasteiger partial charge in [0.2, 0.25) is 0 Å². The Hall–Kier alpha value is -0.710. The van der Waals surface area contributed by atoms with Gasteiger partial charge in [0.05, 0.1) is 11.4 Å². The second kappa shape index (κ2) is 5.39. The van der Waals surface area contributed by atoms with E-state index in [1.165, 1.54) is 24.2 Å². The van der Waals surface area contributed by atoms with Gasteiger partial charge >= 0.3 is 0 Å². The van der Waals surface area contributed by atoms with E-state index in [1.807, 2.05) is 17.5 Å². The van der Waals surface area contributed by atoms with Gasteiger partial charge in [-0.25, -0.2) is 0 Å². The highest BCUT2D eigenvalue weighted by Gasteiger charge is 2.14. The molecule has 0 aromatic carbocycles. The molecule has 1 saturated heterocycles. The molecule has 0 aliphatic carbocycles. The molecule has 0 unspecified atom stereocenters. The molecule has 0 radical (unpaired) electrons. The first kappa shape index (κ1) is 10.8. The van der Waals surface area contributed by atoms with Gasteiger partial charge in [-0.05, 0) is 30.8 Å². The van der Waals surface area contributed by atoms with E-state index in [4.69, 9.17) is 0 Å². The van der Waals surface area contributed by atoms with Crippen molar-refractivity contribution in [2.45, 2.75) is 18.9 Å². The van der Waals surface area contributed by atoms with E-state index < -0.39 is 0 Å². The number of thiophene rings is 1. The zero-order valence-corrected chi connectivity index (χ0v) is 9.48. The lowest BCUT2D eigenvalue weighted by Crippen LogP contribution is -2.44. The van der Waals surface area contributed by atoms with Crippen molar-refractivity contribution in [2.75, 3.05) is 19.6 Å². The smallest absolute Gasteiger partial charge is 0.186 e. The summed E-state index contributed by atoms with van der Waals surface area (Å²) in [5.41, 5.74) is 0. The number of ketones is 1. The Bertz CT molecular complexity index is 304. The molecule has 82 valence electrons. The van der Waals surface area contributed by atoms with Gasteiger partial charge in [0.15, 0.2) is 5.78 Å². The fourth-order valence-electron chi connectivity index (χ4n) is 1.79. The number of rotatable bonds is 4. The van der Waals surface area contributed by atoms with Crippen LogP contribution in [0.15, 0.2) is 17.5 Å². The summed E-state index contributed by atoms with van der Waals surface area (Å²) >= 11 is 1.51. The summed E-state index contributed by atoms with van der Waals surface area (Å²) in [7, 11) is 0. The maximum absolute atomic E-state index is 11.7. The lowest BCUT2D eigenvalue weighted by atomic mass is 10.1. The van der Waals surface area contributed by atoms with Crippen molar-refractivity contribution < 1.29 is 4.79 Å². The molecule has 1 aliphatic heterocycles. The standard InChI is InChI=1S/C11H16N2OS/c14-10(11-4-2-6-15-11)8-13-9-3-1-5-12-7-9/h2,4,6,9,12-13H,1,3,5,7-8H2/t9-/m1/s1.